The molecule has 4 rings (SSSR count). The van der Waals surface area contributed by atoms with Crippen LogP contribution in [0.4, 0.5) is 0 Å². The van der Waals surface area contributed by atoms with E-state index in [1.165, 1.54) is 13.2 Å². The first kappa shape index (κ1) is 17.2. The number of H-pyrrole nitrogens is 1. The lowest BCUT2D eigenvalue weighted by atomic mass is 10.1. The van der Waals surface area contributed by atoms with E-state index >= 15 is 0 Å². The lowest BCUT2D eigenvalue weighted by Gasteiger charge is -2.12. The molecule has 0 unspecified atom stereocenters. The number of ether oxygens (including phenoxy) is 3. The zero-order valence-electron chi connectivity index (χ0n) is 14.6. The van der Waals surface area contributed by atoms with Gasteiger partial charge in [0.15, 0.2) is 16.3 Å². The molecule has 1 N–H and O–H groups in total. The molecule has 138 valence electrons. The summed E-state index contributed by atoms with van der Waals surface area (Å²) in [6.07, 6.45) is 0. The van der Waals surface area contributed by atoms with Crippen molar-refractivity contribution in [2.75, 3.05) is 13.9 Å². The molecule has 3 aromatic rings. The van der Waals surface area contributed by atoms with Gasteiger partial charge in [0.1, 0.15) is 5.65 Å². The first-order valence-electron chi connectivity index (χ1n) is 8.19. The zero-order valence-corrected chi connectivity index (χ0v) is 15.4. The molecule has 0 saturated carbocycles. The van der Waals surface area contributed by atoms with Crippen LogP contribution < -0.4 is 15.0 Å². The molecule has 0 spiro atoms. The van der Waals surface area contributed by atoms with Crippen LogP contribution in [-0.4, -0.2) is 34.4 Å². The maximum Gasteiger partial charge on any atom is 0.338 e. The number of benzene rings is 1. The second-order valence-electron chi connectivity index (χ2n) is 5.82. The average molecular weight is 385 g/mol. The standard InChI is InChI=1S/C18H15N3O5S/c1-3-21-15-14(16(22)20-18(21)27)10(17(23)24-2)7-11(19-15)9-4-5-12-13(6-9)26-8-25-12/h4-7H,3,8H2,1-2H3,(H,20,22,27). The Morgan fingerprint density at radius 1 is 1.33 bits per heavy atom. The SMILES string of the molecule is CCn1c(=S)[nH]c(=O)c2c(C(=O)OC)cc(-c3ccc4c(c3)OCO4)nc21. The van der Waals surface area contributed by atoms with Gasteiger partial charge in [0.25, 0.3) is 5.56 Å². The van der Waals surface area contributed by atoms with E-state index in [0.717, 1.165) is 0 Å². The number of aromatic nitrogens is 3. The average Bonchev–Trinajstić information content (AvgIpc) is 3.14. The summed E-state index contributed by atoms with van der Waals surface area (Å²) in [6.45, 7) is 2.51. The van der Waals surface area contributed by atoms with Gasteiger partial charge in [-0.25, -0.2) is 9.78 Å². The second kappa shape index (κ2) is 6.51. The Bertz CT molecular complexity index is 1200. The molecule has 0 bridgehead atoms. The molecule has 0 saturated heterocycles. The summed E-state index contributed by atoms with van der Waals surface area (Å²) >= 11 is 5.24. The number of hydrogen-bond donors (Lipinski definition) is 1. The Morgan fingerprint density at radius 2 is 2.11 bits per heavy atom. The summed E-state index contributed by atoms with van der Waals surface area (Å²) in [7, 11) is 1.26. The van der Waals surface area contributed by atoms with E-state index in [-0.39, 0.29) is 22.5 Å². The number of esters is 1. The number of fused-ring (bicyclic) bond motifs is 2. The first-order valence-corrected chi connectivity index (χ1v) is 8.60. The summed E-state index contributed by atoms with van der Waals surface area (Å²) in [5.41, 5.74) is 1.16. The fourth-order valence-electron chi connectivity index (χ4n) is 3.04. The van der Waals surface area contributed by atoms with Gasteiger partial charge >= 0.3 is 5.97 Å². The van der Waals surface area contributed by atoms with Crippen molar-refractivity contribution in [2.45, 2.75) is 13.5 Å². The van der Waals surface area contributed by atoms with Gasteiger partial charge in [0.2, 0.25) is 6.79 Å². The van der Waals surface area contributed by atoms with Crippen LogP contribution in [0.2, 0.25) is 0 Å². The van der Waals surface area contributed by atoms with E-state index in [0.29, 0.717) is 34.9 Å². The Kier molecular flexibility index (Phi) is 4.15. The fraction of sp³-hybridized carbons (Fsp3) is 0.222. The molecule has 0 radical (unpaired) electrons. The van der Waals surface area contributed by atoms with E-state index in [1.54, 1.807) is 22.8 Å². The number of carbonyl (C=O) groups excluding carboxylic acids is 1. The van der Waals surface area contributed by atoms with E-state index in [2.05, 4.69) is 9.97 Å². The van der Waals surface area contributed by atoms with Crippen LogP contribution in [0, 0.1) is 4.77 Å². The number of aryl methyl sites for hydroxylation is 1. The normalized spacial score (nSPS) is 12.4. The number of hydrogen-bond acceptors (Lipinski definition) is 7. The number of nitrogens with one attached hydrogen (secondary N) is 1. The molecule has 8 nitrogen and oxygen atoms in total. The number of aromatic amines is 1. The predicted octanol–water partition coefficient (Wildman–Crippen LogP) is 2.66. The van der Waals surface area contributed by atoms with Crippen molar-refractivity contribution >= 4 is 29.2 Å². The molecule has 0 fully saturated rings. The Morgan fingerprint density at radius 3 is 2.85 bits per heavy atom. The Hall–Kier alpha value is -3.20. The molecular formula is C18H15N3O5S. The van der Waals surface area contributed by atoms with Crippen LogP contribution in [-0.2, 0) is 11.3 Å². The van der Waals surface area contributed by atoms with E-state index < -0.39 is 11.5 Å². The number of pyridine rings is 1. The predicted molar refractivity (Wildman–Crippen MR) is 99.8 cm³/mol. The van der Waals surface area contributed by atoms with Crippen molar-refractivity contribution in [3.8, 4) is 22.8 Å². The van der Waals surface area contributed by atoms with Crippen LogP contribution >= 0.6 is 12.2 Å². The topological polar surface area (TPSA) is 95.4 Å². The molecule has 0 atom stereocenters. The van der Waals surface area contributed by atoms with Gasteiger partial charge in [0.05, 0.1) is 23.8 Å². The molecule has 3 heterocycles. The van der Waals surface area contributed by atoms with Crippen LogP contribution in [0.3, 0.4) is 0 Å². The highest BCUT2D eigenvalue weighted by molar-refractivity contribution is 7.71. The summed E-state index contributed by atoms with van der Waals surface area (Å²) in [5, 5.41) is 0.141. The number of rotatable bonds is 3. The van der Waals surface area contributed by atoms with Crippen LogP contribution in [0.1, 0.15) is 17.3 Å². The number of methoxy groups -OCH3 is 1. The zero-order chi connectivity index (χ0) is 19.1. The Labute approximate surface area is 158 Å². The van der Waals surface area contributed by atoms with Gasteiger partial charge in [-0.3, -0.25) is 9.78 Å². The van der Waals surface area contributed by atoms with Crippen molar-refractivity contribution in [3.05, 3.63) is 45.0 Å². The fourth-order valence-corrected chi connectivity index (χ4v) is 3.35. The molecule has 9 heteroatoms. The van der Waals surface area contributed by atoms with Gasteiger partial charge < -0.3 is 18.8 Å². The minimum absolute atomic E-state index is 0.119. The largest absolute Gasteiger partial charge is 0.465 e. The van der Waals surface area contributed by atoms with Crippen LogP contribution in [0.5, 0.6) is 11.5 Å². The summed E-state index contributed by atoms with van der Waals surface area (Å²) in [5.74, 6) is 0.600. The van der Waals surface area contributed by atoms with Gasteiger partial charge in [-0.15, -0.1) is 0 Å². The molecule has 2 aromatic heterocycles. The van der Waals surface area contributed by atoms with Gasteiger partial charge in [-0.1, -0.05) is 0 Å². The first-order chi connectivity index (χ1) is 13.0. The molecule has 1 aliphatic heterocycles. The van der Waals surface area contributed by atoms with Crippen molar-refractivity contribution < 1.29 is 19.0 Å². The summed E-state index contributed by atoms with van der Waals surface area (Å²) < 4.78 is 17.5. The minimum atomic E-state index is -0.630. The molecule has 0 aliphatic carbocycles. The number of nitrogens with zero attached hydrogens (tertiary/aromatic N) is 2. The Balaban J connectivity index is 2.07. The summed E-state index contributed by atoms with van der Waals surface area (Å²) in [6, 6.07) is 6.88. The van der Waals surface area contributed by atoms with Crippen molar-refractivity contribution in [3.63, 3.8) is 0 Å². The van der Waals surface area contributed by atoms with Crippen LogP contribution in [0.25, 0.3) is 22.3 Å². The van der Waals surface area contributed by atoms with E-state index in [1.807, 2.05) is 6.92 Å². The molecular weight excluding hydrogens is 370 g/mol. The van der Waals surface area contributed by atoms with Crippen LogP contribution in [0.15, 0.2) is 29.1 Å². The second-order valence-corrected chi connectivity index (χ2v) is 6.20. The third kappa shape index (κ3) is 2.76. The van der Waals surface area contributed by atoms with Crippen molar-refractivity contribution in [1.29, 1.82) is 0 Å². The highest BCUT2D eigenvalue weighted by atomic mass is 32.1. The number of carbonyl (C=O) groups is 1. The van der Waals surface area contributed by atoms with E-state index in [4.69, 9.17) is 26.4 Å². The molecule has 1 aromatic carbocycles. The monoisotopic (exact) mass is 385 g/mol. The van der Waals surface area contributed by atoms with Gasteiger partial charge in [-0.2, -0.15) is 0 Å². The summed E-state index contributed by atoms with van der Waals surface area (Å²) in [4.78, 5) is 32.0. The molecule has 1 aliphatic rings. The van der Waals surface area contributed by atoms with Crippen molar-refractivity contribution in [2.24, 2.45) is 0 Å². The quantitative estimate of drug-likeness (QED) is 0.547. The highest BCUT2D eigenvalue weighted by Crippen LogP contribution is 2.36. The molecule has 27 heavy (non-hydrogen) atoms. The third-order valence-corrected chi connectivity index (χ3v) is 4.66. The lowest BCUT2D eigenvalue weighted by molar-refractivity contribution is 0.0603. The van der Waals surface area contributed by atoms with Gasteiger partial charge in [0, 0.05) is 12.1 Å². The maximum absolute atomic E-state index is 12.5. The van der Waals surface area contributed by atoms with Crippen molar-refractivity contribution in [1.82, 2.24) is 14.5 Å². The highest BCUT2D eigenvalue weighted by Gasteiger charge is 2.21. The van der Waals surface area contributed by atoms with E-state index in [9.17, 15) is 9.59 Å². The molecule has 0 amide bonds. The van der Waals surface area contributed by atoms with Gasteiger partial charge in [-0.05, 0) is 43.4 Å². The smallest absolute Gasteiger partial charge is 0.338 e. The lowest BCUT2D eigenvalue weighted by Crippen LogP contribution is -2.19. The minimum Gasteiger partial charge on any atom is -0.465 e. The maximum atomic E-state index is 12.5. The third-order valence-electron chi connectivity index (χ3n) is 4.34.